The first-order valence-electron chi connectivity index (χ1n) is 9.39. The Labute approximate surface area is 170 Å². The smallest absolute Gasteiger partial charge is 0.252 e. The Hall–Kier alpha value is -1.90. The number of rotatable bonds is 7. The monoisotopic (exact) mass is 422 g/mol. The van der Waals surface area contributed by atoms with Crippen molar-refractivity contribution in [3.63, 3.8) is 0 Å². The average Bonchev–Trinajstić information content (AvgIpc) is 3.20. The first kappa shape index (κ1) is 20.8. The van der Waals surface area contributed by atoms with E-state index < -0.39 is 10.0 Å². The molecule has 1 aliphatic rings. The standard InChI is InChI=1S/C20H26N2O4S2/c1-15-11-16(2)13-18(12-15)26-9-7-21-20(23)17-5-3-8-22(14-17)28(24,25)19-6-4-10-27-19/h4,6,10-13,17H,3,5,7-9,14H2,1-2H3,(H,21,23)/t17-/m1/s1. The summed E-state index contributed by atoms with van der Waals surface area (Å²) < 4.78 is 32.8. The average molecular weight is 423 g/mol. The van der Waals surface area contributed by atoms with Gasteiger partial charge in [0.05, 0.1) is 12.5 Å². The molecule has 6 nitrogen and oxygen atoms in total. The van der Waals surface area contributed by atoms with Crippen LogP contribution in [0.1, 0.15) is 24.0 Å². The number of aryl methyl sites for hydroxylation is 2. The van der Waals surface area contributed by atoms with Gasteiger partial charge in [0.15, 0.2) is 0 Å². The molecule has 1 amide bonds. The van der Waals surface area contributed by atoms with Gasteiger partial charge in [-0.3, -0.25) is 4.79 Å². The molecular weight excluding hydrogens is 396 g/mol. The zero-order valence-corrected chi connectivity index (χ0v) is 17.8. The zero-order chi connectivity index (χ0) is 20.1. The van der Waals surface area contributed by atoms with E-state index in [-0.39, 0.29) is 18.4 Å². The van der Waals surface area contributed by atoms with Gasteiger partial charge < -0.3 is 10.1 Å². The van der Waals surface area contributed by atoms with Crippen molar-refractivity contribution in [2.75, 3.05) is 26.2 Å². The molecule has 1 N–H and O–H groups in total. The molecule has 1 aromatic carbocycles. The van der Waals surface area contributed by atoms with E-state index in [4.69, 9.17) is 4.74 Å². The van der Waals surface area contributed by atoms with Crippen LogP contribution in [-0.2, 0) is 14.8 Å². The van der Waals surface area contributed by atoms with E-state index in [2.05, 4.69) is 11.4 Å². The molecule has 0 bridgehead atoms. The quantitative estimate of drug-likeness (QED) is 0.696. The third-order valence-corrected chi connectivity index (χ3v) is 7.95. The predicted molar refractivity (Wildman–Crippen MR) is 110 cm³/mol. The number of piperidine rings is 1. The Kier molecular flexibility index (Phi) is 6.74. The molecule has 1 fully saturated rings. The van der Waals surface area contributed by atoms with Gasteiger partial charge in [-0.2, -0.15) is 4.31 Å². The number of nitrogens with zero attached hydrogens (tertiary/aromatic N) is 1. The van der Waals surface area contributed by atoms with Crippen molar-refractivity contribution in [2.24, 2.45) is 5.92 Å². The molecule has 1 aromatic heterocycles. The van der Waals surface area contributed by atoms with Crippen LogP contribution in [0.2, 0.25) is 0 Å². The molecule has 2 aromatic rings. The zero-order valence-electron chi connectivity index (χ0n) is 16.2. The van der Waals surface area contributed by atoms with E-state index in [0.29, 0.717) is 36.7 Å². The third-order valence-electron chi connectivity index (χ3n) is 4.71. The van der Waals surface area contributed by atoms with E-state index in [0.717, 1.165) is 16.9 Å². The molecule has 152 valence electrons. The number of hydrogen-bond donors (Lipinski definition) is 1. The Balaban J connectivity index is 1.49. The molecule has 1 aliphatic heterocycles. The lowest BCUT2D eigenvalue weighted by Crippen LogP contribution is -2.45. The van der Waals surface area contributed by atoms with Crippen molar-refractivity contribution in [2.45, 2.75) is 30.9 Å². The summed E-state index contributed by atoms with van der Waals surface area (Å²) in [5.41, 5.74) is 2.27. The van der Waals surface area contributed by atoms with Crippen LogP contribution >= 0.6 is 11.3 Å². The van der Waals surface area contributed by atoms with E-state index in [1.165, 1.54) is 15.6 Å². The van der Waals surface area contributed by atoms with E-state index in [1.807, 2.05) is 26.0 Å². The molecule has 2 heterocycles. The van der Waals surface area contributed by atoms with Crippen molar-refractivity contribution >= 4 is 27.3 Å². The number of ether oxygens (including phenoxy) is 1. The number of hydrogen-bond acceptors (Lipinski definition) is 5. The molecule has 0 aliphatic carbocycles. The highest BCUT2D eigenvalue weighted by Gasteiger charge is 2.33. The summed E-state index contributed by atoms with van der Waals surface area (Å²) in [6.45, 7) is 5.48. The van der Waals surface area contributed by atoms with Crippen LogP contribution in [-0.4, -0.2) is 44.9 Å². The number of nitrogens with one attached hydrogen (secondary N) is 1. The minimum atomic E-state index is -3.51. The molecule has 0 unspecified atom stereocenters. The van der Waals surface area contributed by atoms with Crippen molar-refractivity contribution < 1.29 is 17.9 Å². The van der Waals surface area contributed by atoms with Gasteiger partial charge in [0.2, 0.25) is 5.91 Å². The number of benzene rings is 1. The molecule has 8 heteroatoms. The van der Waals surface area contributed by atoms with Gasteiger partial charge in [0.1, 0.15) is 16.6 Å². The summed E-state index contributed by atoms with van der Waals surface area (Å²) in [5.74, 6) is 0.345. The van der Waals surface area contributed by atoms with E-state index >= 15 is 0 Å². The fraction of sp³-hybridized carbons (Fsp3) is 0.450. The van der Waals surface area contributed by atoms with Gasteiger partial charge in [0.25, 0.3) is 10.0 Å². The van der Waals surface area contributed by atoms with Gasteiger partial charge in [0, 0.05) is 13.1 Å². The SMILES string of the molecule is Cc1cc(C)cc(OCCNC(=O)[C@@H]2CCCN(S(=O)(=O)c3cccs3)C2)c1. The summed E-state index contributed by atoms with van der Waals surface area (Å²) in [6.07, 6.45) is 1.38. The lowest BCUT2D eigenvalue weighted by atomic mass is 9.99. The van der Waals surface area contributed by atoms with Crippen molar-refractivity contribution in [1.29, 1.82) is 0 Å². The number of amides is 1. The van der Waals surface area contributed by atoms with Gasteiger partial charge in [-0.15, -0.1) is 11.3 Å². The number of carbonyl (C=O) groups excluding carboxylic acids is 1. The molecule has 1 atom stereocenters. The van der Waals surface area contributed by atoms with Crippen LogP contribution < -0.4 is 10.1 Å². The van der Waals surface area contributed by atoms with Crippen molar-refractivity contribution in [3.8, 4) is 5.75 Å². The second-order valence-corrected chi connectivity index (χ2v) is 10.2. The Morgan fingerprint density at radius 3 is 2.71 bits per heavy atom. The van der Waals surface area contributed by atoms with Gasteiger partial charge in [-0.05, 0) is 61.4 Å². The fourth-order valence-electron chi connectivity index (χ4n) is 3.42. The first-order valence-corrected chi connectivity index (χ1v) is 11.7. The van der Waals surface area contributed by atoms with Crippen molar-refractivity contribution in [1.82, 2.24) is 9.62 Å². The number of thiophene rings is 1. The molecule has 0 radical (unpaired) electrons. The Morgan fingerprint density at radius 2 is 2.04 bits per heavy atom. The van der Waals surface area contributed by atoms with Crippen LogP contribution in [0.3, 0.4) is 0 Å². The summed E-state index contributed by atoms with van der Waals surface area (Å²) in [4.78, 5) is 12.5. The van der Waals surface area contributed by atoms with Gasteiger partial charge in [-0.25, -0.2) is 8.42 Å². The summed E-state index contributed by atoms with van der Waals surface area (Å²) in [7, 11) is -3.51. The molecule has 0 saturated carbocycles. The fourth-order valence-corrected chi connectivity index (χ4v) is 6.08. The van der Waals surface area contributed by atoms with E-state index in [9.17, 15) is 13.2 Å². The van der Waals surface area contributed by atoms with Crippen molar-refractivity contribution in [3.05, 3.63) is 46.8 Å². The van der Waals surface area contributed by atoms with Crippen LogP contribution in [0.25, 0.3) is 0 Å². The van der Waals surface area contributed by atoms with Crippen LogP contribution in [0.5, 0.6) is 5.75 Å². The second kappa shape index (κ2) is 9.07. The maximum Gasteiger partial charge on any atom is 0.252 e. The maximum absolute atomic E-state index is 12.7. The highest BCUT2D eigenvalue weighted by Crippen LogP contribution is 2.26. The maximum atomic E-state index is 12.7. The molecule has 3 rings (SSSR count). The molecule has 28 heavy (non-hydrogen) atoms. The predicted octanol–water partition coefficient (Wildman–Crippen LogP) is 2.96. The largest absolute Gasteiger partial charge is 0.492 e. The summed E-state index contributed by atoms with van der Waals surface area (Å²) in [6, 6.07) is 9.33. The third kappa shape index (κ3) is 5.12. The minimum Gasteiger partial charge on any atom is -0.492 e. The molecule has 0 spiro atoms. The van der Waals surface area contributed by atoms with Crippen LogP contribution in [0.15, 0.2) is 39.9 Å². The molecule has 1 saturated heterocycles. The normalized spacial score (nSPS) is 18.0. The van der Waals surface area contributed by atoms with E-state index in [1.54, 1.807) is 17.5 Å². The first-order chi connectivity index (χ1) is 13.4. The highest BCUT2D eigenvalue weighted by atomic mass is 32.2. The number of carbonyl (C=O) groups is 1. The minimum absolute atomic E-state index is 0.116. The summed E-state index contributed by atoms with van der Waals surface area (Å²) >= 11 is 1.20. The molecular formula is C20H26N2O4S2. The van der Waals surface area contributed by atoms with Gasteiger partial charge >= 0.3 is 0 Å². The highest BCUT2D eigenvalue weighted by molar-refractivity contribution is 7.91. The van der Waals surface area contributed by atoms with Gasteiger partial charge in [-0.1, -0.05) is 12.1 Å². The second-order valence-electron chi connectivity index (χ2n) is 7.10. The lowest BCUT2D eigenvalue weighted by Gasteiger charge is -2.30. The Morgan fingerprint density at radius 1 is 1.29 bits per heavy atom. The topological polar surface area (TPSA) is 75.7 Å². The summed E-state index contributed by atoms with van der Waals surface area (Å²) in [5, 5.41) is 4.62. The lowest BCUT2D eigenvalue weighted by molar-refractivity contribution is -0.126. The van der Waals surface area contributed by atoms with Crippen LogP contribution in [0.4, 0.5) is 0 Å². The Bertz CT molecular complexity index is 890. The van der Waals surface area contributed by atoms with Crippen LogP contribution in [0, 0.1) is 19.8 Å². The number of sulfonamides is 1.